The van der Waals surface area contributed by atoms with Crippen LogP contribution in [0.1, 0.15) is 24.0 Å². The van der Waals surface area contributed by atoms with Crippen LogP contribution in [0.2, 0.25) is 0 Å². The van der Waals surface area contributed by atoms with E-state index in [0.717, 1.165) is 16.8 Å². The van der Waals surface area contributed by atoms with Gasteiger partial charge in [0.15, 0.2) is 0 Å². The maximum absolute atomic E-state index is 11.0. The largest absolute Gasteiger partial charge is 0.481 e. The van der Waals surface area contributed by atoms with E-state index in [2.05, 4.69) is 0 Å². The quantitative estimate of drug-likeness (QED) is 0.663. The predicted octanol–water partition coefficient (Wildman–Crippen LogP) is 1.63. The molecule has 0 saturated carbocycles. The van der Waals surface area contributed by atoms with Crippen LogP contribution in [0.15, 0.2) is 18.2 Å². The number of fused-ring (bicyclic) bond motifs is 1. The van der Waals surface area contributed by atoms with Gasteiger partial charge in [0, 0.05) is 5.69 Å². The molecule has 3 nitrogen and oxygen atoms in total. The Morgan fingerprint density at radius 3 is 2.86 bits per heavy atom. The van der Waals surface area contributed by atoms with Crippen LogP contribution in [0.3, 0.4) is 0 Å². The topological polar surface area (TPSA) is 63.3 Å². The van der Waals surface area contributed by atoms with Crippen LogP contribution < -0.4 is 5.73 Å². The lowest BCUT2D eigenvalue weighted by Gasteiger charge is -2.09. The monoisotopic (exact) mass is 191 g/mol. The van der Waals surface area contributed by atoms with E-state index in [0.29, 0.717) is 6.42 Å². The van der Waals surface area contributed by atoms with Crippen LogP contribution in [-0.2, 0) is 11.2 Å². The maximum Gasteiger partial charge on any atom is 0.307 e. The van der Waals surface area contributed by atoms with Crippen molar-refractivity contribution in [2.24, 2.45) is 5.92 Å². The zero-order valence-corrected chi connectivity index (χ0v) is 8.03. The molecular formula is C11H13NO2. The molecule has 0 fully saturated rings. The first kappa shape index (κ1) is 9.06. The van der Waals surface area contributed by atoms with Gasteiger partial charge in [0.2, 0.25) is 0 Å². The first-order valence-corrected chi connectivity index (χ1v) is 4.71. The number of carboxylic acid groups (broad SMARTS) is 1. The number of rotatable bonds is 1. The van der Waals surface area contributed by atoms with E-state index in [1.807, 2.05) is 25.1 Å². The second-order valence-corrected chi connectivity index (χ2v) is 3.85. The molecule has 0 heterocycles. The van der Waals surface area contributed by atoms with Gasteiger partial charge >= 0.3 is 5.97 Å². The van der Waals surface area contributed by atoms with Gasteiger partial charge < -0.3 is 10.8 Å². The molecule has 0 radical (unpaired) electrons. The van der Waals surface area contributed by atoms with E-state index < -0.39 is 5.97 Å². The first-order chi connectivity index (χ1) is 6.61. The maximum atomic E-state index is 11.0. The van der Waals surface area contributed by atoms with E-state index in [4.69, 9.17) is 10.8 Å². The highest BCUT2D eigenvalue weighted by molar-refractivity contribution is 5.75. The van der Waals surface area contributed by atoms with Crippen molar-refractivity contribution in [1.29, 1.82) is 0 Å². The molecule has 14 heavy (non-hydrogen) atoms. The van der Waals surface area contributed by atoms with Gasteiger partial charge in [-0.3, -0.25) is 4.79 Å². The number of aliphatic carboxylic acids is 1. The summed E-state index contributed by atoms with van der Waals surface area (Å²) >= 11 is 0. The Morgan fingerprint density at radius 1 is 1.57 bits per heavy atom. The van der Waals surface area contributed by atoms with Gasteiger partial charge in [-0.15, -0.1) is 0 Å². The standard InChI is InChI=1S/C11H13NO2/c1-6-7-3-2-4-10(12)9(7)5-8(6)11(13)14/h2-4,6,8H,5,12H2,1H3,(H,13,14). The zero-order chi connectivity index (χ0) is 10.3. The minimum atomic E-state index is -0.729. The number of benzene rings is 1. The molecule has 74 valence electrons. The molecule has 2 atom stereocenters. The Morgan fingerprint density at radius 2 is 2.29 bits per heavy atom. The molecule has 1 aliphatic carbocycles. The fourth-order valence-corrected chi connectivity index (χ4v) is 2.20. The molecule has 0 spiro atoms. The zero-order valence-electron chi connectivity index (χ0n) is 8.03. The summed E-state index contributed by atoms with van der Waals surface area (Å²) in [6.07, 6.45) is 0.568. The molecule has 1 aromatic carbocycles. The lowest BCUT2D eigenvalue weighted by Crippen LogP contribution is -2.16. The Bertz CT molecular complexity index is 387. The van der Waals surface area contributed by atoms with Crippen molar-refractivity contribution in [1.82, 2.24) is 0 Å². The highest BCUT2D eigenvalue weighted by Crippen LogP contribution is 2.40. The van der Waals surface area contributed by atoms with Gasteiger partial charge in [0.05, 0.1) is 5.92 Å². The molecule has 0 aromatic heterocycles. The highest BCUT2D eigenvalue weighted by atomic mass is 16.4. The molecule has 0 aliphatic heterocycles. The number of hydrogen-bond donors (Lipinski definition) is 2. The summed E-state index contributed by atoms with van der Waals surface area (Å²) < 4.78 is 0. The molecule has 3 heteroatoms. The average molecular weight is 191 g/mol. The number of nitrogen functional groups attached to an aromatic ring is 1. The van der Waals surface area contributed by atoms with Crippen LogP contribution in [-0.4, -0.2) is 11.1 Å². The van der Waals surface area contributed by atoms with Crippen molar-refractivity contribution in [3.8, 4) is 0 Å². The summed E-state index contributed by atoms with van der Waals surface area (Å²) in [7, 11) is 0. The van der Waals surface area contributed by atoms with Gasteiger partial charge in [-0.1, -0.05) is 19.1 Å². The van der Waals surface area contributed by atoms with Crippen molar-refractivity contribution in [3.63, 3.8) is 0 Å². The van der Waals surface area contributed by atoms with Crippen LogP contribution in [0, 0.1) is 5.92 Å². The Balaban J connectivity index is 2.45. The second-order valence-electron chi connectivity index (χ2n) is 3.85. The average Bonchev–Trinajstić information content (AvgIpc) is 2.46. The van der Waals surface area contributed by atoms with Gasteiger partial charge in [0.1, 0.15) is 0 Å². The van der Waals surface area contributed by atoms with Crippen molar-refractivity contribution < 1.29 is 9.90 Å². The minimum absolute atomic E-state index is 0.0750. The SMILES string of the molecule is CC1c2cccc(N)c2CC1C(=O)O. The van der Waals surface area contributed by atoms with Crippen molar-refractivity contribution >= 4 is 11.7 Å². The molecule has 0 saturated heterocycles. The van der Waals surface area contributed by atoms with E-state index >= 15 is 0 Å². The molecule has 2 unspecified atom stereocenters. The van der Waals surface area contributed by atoms with Crippen LogP contribution in [0.25, 0.3) is 0 Å². The summed E-state index contributed by atoms with van der Waals surface area (Å²) in [5.41, 5.74) is 8.64. The van der Waals surface area contributed by atoms with Crippen LogP contribution in [0.5, 0.6) is 0 Å². The number of hydrogen-bond acceptors (Lipinski definition) is 2. The van der Waals surface area contributed by atoms with Gasteiger partial charge in [-0.25, -0.2) is 0 Å². The number of nitrogens with two attached hydrogens (primary N) is 1. The van der Waals surface area contributed by atoms with E-state index in [1.54, 1.807) is 0 Å². The van der Waals surface area contributed by atoms with Gasteiger partial charge in [-0.05, 0) is 29.5 Å². The third-order valence-electron chi connectivity index (χ3n) is 3.08. The normalized spacial score (nSPS) is 24.6. The summed E-state index contributed by atoms with van der Waals surface area (Å²) in [6, 6.07) is 5.68. The van der Waals surface area contributed by atoms with Gasteiger partial charge in [0.25, 0.3) is 0 Å². The van der Waals surface area contributed by atoms with Crippen molar-refractivity contribution in [2.45, 2.75) is 19.3 Å². The Hall–Kier alpha value is -1.51. The lowest BCUT2D eigenvalue weighted by atomic mass is 9.95. The molecule has 3 N–H and O–H groups in total. The van der Waals surface area contributed by atoms with E-state index in [9.17, 15) is 4.79 Å². The molecule has 0 amide bonds. The summed E-state index contributed by atoms with van der Waals surface area (Å²) in [5.74, 6) is -0.964. The van der Waals surface area contributed by atoms with Crippen LogP contribution in [0.4, 0.5) is 5.69 Å². The van der Waals surface area contributed by atoms with Crippen molar-refractivity contribution in [2.75, 3.05) is 5.73 Å². The van der Waals surface area contributed by atoms with E-state index in [1.165, 1.54) is 0 Å². The Labute approximate surface area is 82.5 Å². The van der Waals surface area contributed by atoms with Crippen molar-refractivity contribution in [3.05, 3.63) is 29.3 Å². The first-order valence-electron chi connectivity index (χ1n) is 4.71. The number of carboxylic acids is 1. The number of anilines is 1. The predicted molar refractivity (Wildman–Crippen MR) is 54.1 cm³/mol. The number of carbonyl (C=O) groups is 1. The fraction of sp³-hybridized carbons (Fsp3) is 0.364. The van der Waals surface area contributed by atoms with E-state index in [-0.39, 0.29) is 11.8 Å². The second kappa shape index (κ2) is 3.01. The third-order valence-corrected chi connectivity index (χ3v) is 3.08. The molecule has 0 bridgehead atoms. The van der Waals surface area contributed by atoms with Gasteiger partial charge in [-0.2, -0.15) is 0 Å². The molecule has 1 aromatic rings. The fourth-order valence-electron chi connectivity index (χ4n) is 2.20. The summed E-state index contributed by atoms with van der Waals surface area (Å²) in [6.45, 7) is 1.95. The summed E-state index contributed by atoms with van der Waals surface area (Å²) in [4.78, 5) is 11.0. The highest BCUT2D eigenvalue weighted by Gasteiger charge is 2.34. The summed E-state index contributed by atoms with van der Waals surface area (Å²) in [5, 5.41) is 9.01. The Kier molecular flexibility index (Phi) is 1.95. The molecule has 2 rings (SSSR count). The lowest BCUT2D eigenvalue weighted by molar-refractivity contribution is -0.142. The smallest absolute Gasteiger partial charge is 0.307 e. The molecular weight excluding hydrogens is 178 g/mol. The molecule has 1 aliphatic rings. The minimum Gasteiger partial charge on any atom is -0.481 e. The van der Waals surface area contributed by atoms with Crippen LogP contribution >= 0.6 is 0 Å². The third kappa shape index (κ3) is 1.16.